The van der Waals surface area contributed by atoms with E-state index in [9.17, 15) is 9.18 Å². The molecule has 5 nitrogen and oxygen atoms in total. The van der Waals surface area contributed by atoms with Gasteiger partial charge in [-0.25, -0.2) is 9.18 Å². The summed E-state index contributed by atoms with van der Waals surface area (Å²) in [5, 5.41) is 11.6. The van der Waals surface area contributed by atoms with Crippen molar-refractivity contribution in [3.63, 3.8) is 0 Å². The van der Waals surface area contributed by atoms with Gasteiger partial charge in [-0.3, -0.25) is 4.90 Å². The number of nitriles is 1. The van der Waals surface area contributed by atoms with Gasteiger partial charge in [-0.1, -0.05) is 0 Å². The van der Waals surface area contributed by atoms with E-state index in [0.717, 1.165) is 39.0 Å². The Hall–Kier alpha value is -2.13. The van der Waals surface area contributed by atoms with E-state index in [1.807, 2.05) is 4.90 Å². The predicted octanol–water partition coefficient (Wildman–Crippen LogP) is 2.79. The highest BCUT2D eigenvalue weighted by Crippen LogP contribution is 2.21. The third kappa shape index (κ3) is 3.62. The van der Waals surface area contributed by atoms with Gasteiger partial charge in [0, 0.05) is 24.8 Å². The molecule has 0 spiro atoms. The SMILES string of the molecule is N#Cc1cc(NC(=O)N2CCCC(N3CCCC3)C2)ccc1F. The van der Waals surface area contributed by atoms with Gasteiger partial charge in [0.05, 0.1) is 5.56 Å². The van der Waals surface area contributed by atoms with Crippen LogP contribution in [0.25, 0.3) is 0 Å². The minimum atomic E-state index is -0.572. The number of nitrogens with one attached hydrogen (secondary N) is 1. The smallest absolute Gasteiger partial charge is 0.321 e. The molecule has 23 heavy (non-hydrogen) atoms. The molecule has 2 amide bonds. The van der Waals surface area contributed by atoms with Crippen LogP contribution in [-0.4, -0.2) is 48.1 Å². The second kappa shape index (κ2) is 6.97. The molecule has 1 aromatic rings. The summed E-state index contributed by atoms with van der Waals surface area (Å²) >= 11 is 0. The quantitative estimate of drug-likeness (QED) is 0.912. The van der Waals surface area contributed by atoms with Crippen molar-refractivity contribution in [1.29, 1.82) is 5.26 Å². The van der Waals surface area contributed by atoms with Gasteiger partial charge < -0.3 is 10.2 Å². The number of hydrogen-bond donors (Lipinski definition) is 1. The summed E-state index contributed by atoms with van der Waals surface area (Å²) in [6, 6.07) is 6.11. The molecule has 2 fully saturated rings. The molecule has 122 valence electrons. The highest BCUT2D eigenvalue weighted by molar-refractivity contribution is 5.89. The first kappa shape index (κ1) is 15.8. The van der Waals surface area contributed by atoms with Crippen molar-refractivity contribution >= 4 is 11.7 Å². The van der Waals surface area contributed by atoms with Crippen molar-refractivity contribution < 1.29 is 9.18 Å². The largest absolute Gasteiger partial charge is 0.323 e. The number of carbonyl (C=O) groups is 1. The second-order valence-electron chi connectivity index (χ2n) is 6.22. The van der Waals surface area contributed by atoms with Gasteiger partial charge in [-0.15, -0.1) is 0 Å². The normalized spacial score (nSPS) is 21.9. The zero-order chi connectivity index (χ0) is 16.2. The van der Waals surface area contributed by atoms with Crippen LogP contribution < -0.4 is 5.32 Å². The van der Waals surface area contributed by atoms with E-state index in [4.69, 9.17) is 5.26 Å². The van der Waals surface area contributed by atoms with Crippen LogP contribution >= 0.6 is 0 Å². The van der Waals surface area contributed by atoms with Crippen LogP contribution in [0.4, 0.5) is 14.9 Å². The number of amides is 2. The van der Waals surface area contributed by atoms with E-state index in [-0.39, 0.29) is 11.6 Å². The Bertz CT molecular complexity index is 622. The molecule has 2 heterocycles. The summed E-state index contributed by atoms with van der Waals surface area (Å²) in [7, 11) is 0. The van der Waals surface area contributed by atoms with Crippen LogP contribution in [0.15, 0.2) is 18.2 Å². The fourth-order valence-electron chi connectivity index (χ4n) is 3.44. The molecule has 1 atom stereocenters. The number of likely N-dealkylation sites (tertiary alicyclic amines) is 2. The Morgan fingerprint density at radius 2 is 2.04 bits per heavy atom. The van der Waals surface area contributed by atoms with Crippen molar-refractivity contribution in [2.45, 2.75) is 31.7 Å². The molecule has 0 bridgehead atoms. The van der Waals surface area contributed by atoms with Gasteiger partial charge >= 0.3 is 6.03 Å². The molecule has 3 rings (SSSR count). The number of rotatable bonds is 2. The fraction of sp³-hybridized carbons (Fsp3) is 0.529. The summed E-state index contributed by atoms with van der Waals surface area (Å²) in [4.78, 5) is 16.7. The Morgan fingerprint density at radius 1 is 1.26 bits per heavy atom. The Morgan fingerprint density at radius 3 is 2.78 bits per heavy atom. The van der Waals surface area contributed by atoms with Gasteiger partial charge in [0.15, 0.2) is 0 Å². The van der Waals surface area contributed by atoms with E-state index in [0.29, 0.717) is 11.7 Å². The minimum Gasteiger partial charge on any atom is -0.323 e. The van der Waals surface area contributed by atoms with Crippen LogP contribution in [0, 0.1) is 17.1 Å². The Labute approximate surface area is 135 Å². The molecule has 6 heteroatoms. The number of hydrogen-bond acceptors (Lipinski definition) is 3. The zero-order valence-electron chi connectivity index (χ0n) is 13.1. The first-order valence-corrected chi connectivity index (χ1v) is 8.17. The minimum absolute atomic E-state index is 0.0589. The maximum Gasteiger partial charge on any atom is 0.321 e. The Balaban J connectivity index is 1.62. The number of carbonyl (C=O) groups excluding carboxylic acids is 1. The lowest BCUT2D eigenvalue weighted by molar-refractivity contribution is 0.132. The highest BCUT2D eigenvalue weighted by Gasteiger charge is 2.29. The molecule has 0 radical (unpaired) electrons. The molecule has 0 aromatic heterocycles. The maximum absolute atomic E-state index is 13.3. The number of anilines is 1. The molecule has 2 aliphatic heterocycles. The van der Waals surface area contributed by atoms with Gasteiger partial charge in [-0.2, -0.15) is 5.26 Å². The van der Waals surface area contributed by atoms with Gasteiger partial charge in [0.25, 0.3) is 0 Å². The van der Waals surface area contributed by atoms with Crippen molar-refractivity contribution in [2.24, 2.45) is 0 Å². The monoisotopic (exact) mass is 316 g/mol. The summed E-state index contributed by atoms with van der Waals surface area (Å²) in [6.07, 6.45) is 4.63. The maximum atomic E-state index is 13.3. The zero-order valence-corrected chi connectivity index (χ0v) is 13.1. The van der Waals surface area contributed by atoms with Crippen LogP contribution in [0.3, 0.4) is 0 Å². The van der Waals surface area contributed by atoms with E-state index < -0.39 is 5.82 Å². The van der Waals surface area contributed by atoms with Crippen molar-refractivity contribution in [3.8, 4) is 6.07 Å². The molecular weight excluding hydrogens is 295 g/mol. The first-order chi connectivity index (χ1) is 11.2. The van der Waals surface area contributed by atoms with Gasteiger partial charge in [0.2, 0.25) is 0 Å². The average molecular weight is 316 g/mol. The lowest BCUT2D eigenvalue weighted by atomic mass is 10.0. The Kier molecular flexibility index (Phi) is 4.77. The van der Waals surface area contributed by atoms with Gasteiger partial charge in [-0.05, 0) is 57.0 Å². The van der Waals surface area contributed by atoms with Gasteiger partial charge in [0.1, 0.15) is 11.9 Å². The molecule has 1 unspecified atom stereocenters. The van der Waals surface area contributed by atoms with E-state index in [1.54, 1.807) is 6.07 Å². The molecular formula is C17H21FN4O. The van der Waals surface area contributed by atoms with E-state index >= 15 is 0 Å². The molecule has 1 N–H and O–H groups in total. The summed E-state index contributed by atoms with van der Waals surface area (Å²) < 4.78 is 13.3. The average Bonchev–Trinajstić information content (AvgIpc) is 3.11. The molecule has 2 aliphatic rings. The summed E-state index contributed by atoms with van der Waals surface area (Å²) in [5.74, 6) is -0.572. The standard InChI is InChI=1S/C17H21FN4O/c18-16-6-5-14(10-13(16)11-19)20-17(23)22-9-3-4-15(12-22)21-7-1-2-8-21/h5-6,10,15H,1-4,7-9,12H2,(H,20,23). The lowest BCUT2D eigenvalue weighted by Crippen LogP contribution is -2.50. The third-order valence-corrected chi connectivity index (χ3v) is 4.68. The van der Waals surface area contributed by atoms with E-state index in [2.05, 4.69) is 10.2 Å². The lowest BCUT2D eigenvalue weighted by Gasteiger charge is -2.37. The molecule has 2 saturated heterocycles. The number of nitrogens with zero attached hydrogens (tertiary/aromatic N) is 3. The third-order valence-electron chi connectivity index (χ3n) is 4.68. The van der Waals surface area contributed by atoms with Crippen LogP contribution in [0.2, 0.25) is 0 Å². The highest BCUT2D eigenvalue weighted by atomic mass is 19.1. The molecule has 1 aromatic carbocycles. The number of benzene rings is 1. The summed E-state index contributed by atoms with van der Waals surface area (Å²) in [6.45, 7) is 3.73. The van der Waals surface area contributed by atoms with Crippen LogP contribution in [0.1, 0.15) is 31.2 Å². The van der Waals surface area contributed by atoms with E-state index in [1.165, 1.54) is 31.0 Å². The topological polar surface area (TPSA) is 59.4 Å². The van der Waals surface area contributed by atoms with Crippen molar-refractivity contribution in [3.05, 3.63) is 29.6 Å². The molecule has 0 aliphatic carbocycles. The van der Waals surface area contributed by atoms with Crippen molar-refractivity contribution in [2.75, 3.05) is 31.5 Å². The number of piperidine rings is 1. The predicted molar refractivity (Wildman–Crippen MR) is 85.5 cm³/mol. The summed E-state index contributed by atoms with van der Waals surface area (Å²) in [5.41, 5.74) is 0.396. The second-order valence-corrected chi connectivity index (χ2v) is 6.22. The molecule has 0 saturated carbocycles. The van der Waals surface area contributed by atoms with Crippen LogP contribution in [-0.2, 0) is 0 Å². The number of urea groups is 1. The fourth-order valence-corrected chi connectivity index (χ4v) is 3.44. The number of halogens is 1. The van der Waals surface area contributed by atoms with Crippen LogP contribution in [0.5, 0.6) is 0 Å². The van der Waals surface area contributed by atoms with Crippen molar-refractivity contribution in [1.82, 2.24) is 9.80 Å². The first-order valence-electron chi connectivity index (χ1n) is 8.17.